The Morgan fingerprint density at radius 2 is 1.60 bits per heavy atom. The number of benzene rings is 1. The second-order valence-corrected chi connectivity index (χ2v) is 16.6. The lowest BCUT2D eigenvalue weighted by molar-refractivity contribution is -0.689. The third kappa shape index (κ3) is 10.2. The van der Waals surface area contributed by atoms with Gasteiger partial charge >= 0.3 is 0 Å². The van der Waals surface area contributed by atoms with Gasteiger partial charge in [0.2, 0.25) is 5.51 Å². The van der Waals surface area contributed by atoms with Crippen molar-refractivity contribution in [2.45, 2.75) is 158 Å². The molecule has 1 aliphatic heterocycles. The summed E-state index contributed by atoms with van der Waals surface area (Å²) in [5, 5.41) is 0. The largest absolute Gasteiger partial charge is 0.493 e. The highest BCUT2D eigenvalue weighted by molar-refractivity contribution is 7.09. The molecule has 0 saturated heterocycles. The fraction of sp³-hybridized carbons (Fsp3) is 0.683. The highest BCUT2D eigenvalue weighted by Gasteiger charge is 2.34. The van der Waals surface area contributed by atoms with Crippen molar-refractivity contribution in [3.8, 4) is 11.5 Å². The zero-order valence-electron chi connectivity index (χ0n) is 31.9. The van der Waals surface area contributed by atoms with Crippen LogP contribution in [0.1, 0.15) is 143 Å². The van der Waals surface area contributed by atoms with Crippen LogP contribution in [0.5, 0.6) is 11.5 Å². The van der Waals surface area contributed by atoms with Crippen LogP contribution in [-0.4, -0.2) is 22.2 Å². The van der Waals surface area contributed by atoms with Gasteiger partial charge in [0.15, 0.2) is 12.2 Å². The van der Waals surface area contributed by atoms with E-state index in [2.05, 4.69) is 82.4 Å². The number of fused-ring (bicyclic) bond motifs is 1. The predicted molar refractivity (Wildman–Crippen MR) is 201 cm³/mol. The molecule has 6 nitrogen and oxygen atoms in total. The maximum absolute atomic E-state index is 6.90. The molecule has 0 amide bonds. The quantitative estimate of drug-likeness (QED) is 0.136. The predicted octanol–water partition coefficient (Wildman–Crippen LogP) is 10.1. The normalized spacial score (nSPS) is 17.3. The number of thiazole rings is 1. The SMILES string of the molecule is Cc1ncc(C[n+]2csc(CCOc3c(C)c(C)c4c(c3C)CC[C@@](C)(CCC[C@H](C)CCC[C@H](C)CCCC(C)C)O4)c2C)c(N)n1. The number of aromatic nitrogens is 3. The van der Waals surface area contributed by atoms with Crippen molar-refractivity contribution in [1.29, 1.82) is 0 Å². The number of nitrogens with two attached hydrogens (primary N) is 1. The van der Waals surface area contributed by atoms with Gasteiger partial charge in [-0.05, 0) is 94.7 Å². The number of hydrogen-bond acceptors (Lipinski definition) is 6. The first-order valence-electron chi connectivity index (χ1n) is 18.8. The Labute approximate surface area is 296 Å². The van der Waals surface area contributed by atoms with Gasteiger partial charge in [0.05, 0.1) is 17.0 Å². The van der Waals surface area contributed by atoms with E-state index in [1.807, 2.05) is 13.1 Å². The summed E-state index contributed by atoms with van der Waals surface area (Å²) < 4.78 is 15.7. The Morgan fingerprint density at radius 3 is 2.27 bits per heavy atom. The molecule has 0 fully saturated rings. The van der Waals surface area contributed by atoms with Crippen molar-refractivity contribution >= 4 is 17.2 Å². The van der Waals surface area contributed by atoms with E-state index in [0.29, 0.717) is 24.8 Å². The van der Waals surface area contributed by atoms with Crippen LogP contribution in [0.2, 0.25) is 0 Å². The van der Waals surface area contributed by atoms with Gasteiger partial charge in [0.25, 0.3) is 0 Å². The molecule has 1 aliphatic rings. The molecule has 266 valence electrons. The second kappa shape index (κ2) is 17.3. The summed E-state index contributed by atoms with van der Waals surface area (Å²) in [6.07, 6.45) is 16.8. The van der Waals surface area contributed by atoms with Gasteiger partial charge in [0.1, 0.15) is 28.7 Å². The molecule has 3 heterocycles. The van der Waals surface area contributed by atoms with Gasteiger partial charge in [-0.2, -0.15) is 4.57 Å². The van der Waals surface area contributed by atoms with E-state index < -0.39 is 0 Å². The molecule has 3 atom stereocenters. The molecular weight excluding hydrogens is 613 g/mol. The monoisotopic (exact) mass is 677 g/mol. The summed E-state index contributed by atoms with van der Waals surface area (Å²) in [5.41, 5.74) is 15.4. The Bertz CT molecular complexity index is 1500. The maximum atomic E-state index is 6.90. The van der Waals surface area contributed by atoms with Crippen LogP contribution in [0.15, 0.2) is 11.7 Å². The number of nitrogens with zero attached hydrogens (tertiary/aromatic N) is 3. The molecular formula is C41H65N4O2S+. The van der Waals surface area contributed by atoms with Crippen molar-refractivity contribution in [3.63, 3.8) is 0 Å². The van der Waals surface area contributed by atoms with E-state index >= 15 is 0 Å². The van der Waals surface area contributed by atoms with Crippen LogP contribution in [0, 0.1) is 52.4 Å². The minimum atomic E-state index is -0.0922. The molecule has 0 unspecified atom stereocenters. The van der Waals surface area contributed by atoms with Gasteiger partial charge in [-0.25, -0.2) is 9.97 Å². The van der Waals surface area contributed by atoms with Crippen LogP contribution < -0.4 is 19.8 Å². The molecule has 0 aliphatic carbocycles. The molecule has 7 heteroatoms. The molecule has 2 N–H and O–H groups in total. The third-order valence-corrected chi connectivity index (χ3v) is 12.1. The Hall–Kier alpha value is -2.67. The first-order valence-corrected chi connectivity index (χ1v) is 19.6. The van der Waals surface area contributed by atoms with E-state index in [1.54, 1.807) is 11.3 Å². The molecule has 0 saturated carbocycles. The number of hydrogen-bond donors (Lipinski definition) is 1. The number of rotatable bonds is 18. The van der Waals surface area contributed by atoms with Crippen LogP contribution in [0.25, 0.3) is 0 Å². The molecule has 1 aromatic carbocycles. The van der Waals surface area contributed by atoms with Crippen LogP contribution in [0.4, 0.5) is 5.82 Å². The number of ether oxygens (including phenoxy) is 2. The fourth-order valence-corrected chi connectivity index (χ4v) is 8.36. The lowest BCUT2D eigenvalue weighted by Crippen LogP contribution is -2.37. The summed E-state index contributed by atoms with van der Waals surface area (Å²) in [7, 11) is 0. The van der Waals surface area contributed by atoms with E-state index in [9.17, 15) is 0 Å². The van der Waals surface area contributed by atoms with Gasteiger partial charge in [-0.3, -0.25) is 0 Å². The van der Waals surface area contributed by atoms with E-state index in [0.717, 1.165) is 60.5 Å². The maximum Gasteiger partial charge on any atom is 0.225 e. The number of nitrogen functional groups attached to an aromatic ring is 1. The first-order chi connectivity index (χ1) is 22.8. The van der Waals surface area contributed by atoms with Crippen molar-refractivity contribution in [2.24, 2.45) is 17.8 Å². The smallest absolute Gasteiger partial charge is 0.225 e. The molecule has 0 spiro atoms. The van der Waals surface area contributed by atoms with Crippen molar-refractivity contribution < 1.29 is 14.0 Å². The van der Waals surface area contributed by atoms with Crippen molar-refractivity contribution in [2.75, 3.05) is 12.3 Å². The molecule has 4 rings (SSSR count). The molecule has 48 heavy (non-hydrogen) atoms. The summed E-state index contributed by atoms with van der Waals surface area (Å²) in [4.78, 5) is 9.98. The number of anilines is 1. The van der Waals surface area contributed by atoms with Crippen LogP contribution in [-0.2, 0) is 19.4 Å². The topological polar surface area (TPSA) is 74.1 Å². The second-order valence-electron chi connectivity index (χ2n) is 15.7. The minimum Gasteiger partial charge on any atom is -0.493 e. The Kier molecular flexibility index (Phi) is 13.8. The van der Waals surface area contributed by atoms with Crippen molar-refractivity contribution in [1.82, 2.24) is 9.97 Å². The van der Waals surface area contributed by atoms with E-state index in [4.69, 9.17) is 15.2 Å². The first kappa shape index (κ1) is 38.1. The minimum absolute atomic E-state index is 0.0922. The lowest BCUT2D eigenvalue weighted by Gasteiger charge is -2.38. The summed E-state index contributed by atoms with van der Waals surface area (Å²) in [6.45, 7) is 23.9. The Balaban J connectivity index is 1.27. The van der Waals surface area contributed by atoms with Gasteiger partial charge < -0.3 is 15.2 Å². The molecule has 2 aromatic heterocycles. The molecule has 3 aromatic rings. The lowest BCUT2D eigenvalue weighted by atomic mass is 9.83. The highest BCUT2D eigenvalue weighted by atomic mass is 32.1. The average molecular weight is 678 g/mol. The zero-order chi connectivity index (χ0) is 35.0. The molecule has 0 radical (unpaired) electrons. The third-order valence-electron chi connectivity index (χ3n) is 10.9. The van der Waals surface area contributed by atoms with Crippen LogP contribution >= 0.6 is 11.3 Å². The van der Waals surface area contributed by atoms with Gasteiger partial charge in [0, 0.05) is 25.1 Å². The van der Waals surface area contributed by atoms with E-state index in [1.165, 1.54) is 84.2 Å². The molecule has 0 bridgehead atoms. The van der Waals surface area contributed by atoms with Gasteiger partial charge in [-0.1, -0.05) is 84.0 Å². The summed E-state index contributed by atoms with van der Waals surface area (Å²) >= 11 is 1.77. The summed E-state index contributed by atoms with van der Waals surface area (Å²) in [6, 6.07) is 0. The number of aryl methyl sites for hydroxylation is 1. The summed E-state index contributed by atoms with van der Waals surface area (Å²) in [5.74, 6) is 5.90. The van der Waals surface area contributed by atoms with Gasteiger partial charge in [-0.15, -0.1) is 0 Å². The highest BCUT2D eigenvalue weighted by Crippen LogP contribution is 2.45. The van der Waals surface area contributed by atoms with E-state index in [-0.39, 0.29) is 5.60 Å². The standard InChI is InChI=1S/C41H65N4O2S/c1-27(2)14-11-15-28(3)16-12-17-29(4)18-13-21-41(10)22-19-36-32(7)38(30(5)31(6)39(36)47-41)46-23-20-37-33(8)45(26-48-37)25-35-24-43-34(9)44-40(35)42/h24,26-29H,11-23,25H2,1-10H3,(H2,42,43,44)/q+1/t28-,29-,41-/m1/s1. The van der Waals surface area contributed by atoms with Crippen molar-refractivity contribution in [3.05, 3.63) is 55.9 Å². The fourth-order valence-electron chi connectivity index (χ4n) is 7.39. The zero-order valence-corrected chi connectivity index (χ0v) is 32.7. The average Bonchev–Trinajstić information content (AvgIpc) is 3.37. The Morgan fingerprint density at radius 1 is 0.938 bits per heavy atom. The van der Waals surface area contributed by atoms with Crippen LogP contribution in [0.3, 0.4) is 0 Å².